The topological polar surface area (TPSA) is 62.2 Å². The smallest absolute Gasteiger partial charge is 0.337 e. The van der Waals surface area contributed by atoms with E-state index in [4.69, 9.17) is 5.11 Å². The predicted octanol–water partition coefficient (Wildman–Crippen LogP) is 0.814. The molecule has 2 rings (SSSR count). The molecule has 0 amide bonds. The van der Waals surface area contributed by atoms with Crippen molar-refractivity contribution >= 4 is 5.97 Å². The molecule has 4 heteroatoms. The highest BCUT2D eigenvalue weighted by Gasteiger charge is 2.24. The molecule has 1 aromatic rings. The van der Waals surface area contributed by atoms with Crippen LogP contribution in [0.5, 0.6) is 0 Å². The molecule has 0 bridgehead atoms. The van der Waals surface area contributed by atoms with E-state index in [0.717, 1.165) is 13.0 Å². The van der Waals surface area contributed by atoms with Crippen molar-refractivity contribution in [3.05, 3.63) is 29.6 Å². The standard InChI is InChI=1S/C9H10N2O2/c12-9(13)6-2-1-4-11-8(6)7-3-5-10-7/h1-2,4,7,10H,3,5H2,(H,12,13)/t7-/m1/s1. The van der Waals surface area contributed by atoms with Gasteiger partial charge in [0, 0.05) is 6.20 Å². The molecule has 1 aliphatic heterocycles. The molecule has 0 unspecified atom stereocenters. The number of rotatable bonds is 2. The van der Waals surface area contributed by atoms with Gasteiger partial charge in [0.05, 0.1) is 17.3 Å². The molecule has 0 aliphatic carbocycles. The zero-order valence-corrected chi connectivity index (χ0v) is 7.03. The third-order valence-electron chi connectivity index (χ3n) is 2.22. The molecule has 2 N–H and O–H groups in total. The first-order valence-corrected chi connectivity index (χ1v) is 4.20. The Morgan fingerprint density at radius 2 is 2.46 bits per heavy atom. The van der Waals surface area contributed by atoms with Crippen LogP contribution in [-0.4, -0.2) is 22.6 Å². The lowest BCUT2D eigenvalue weighted by molar-refractivity contribution is 0.0693. The molecule has 1 aromatic heterocycles. The quantitative estimate of drug-likeness (QED) is 0.703. The normalized spacial score (nSPS) is 20.8. The van der Waals surface area contributed by atoms with E-state index in [9.17, 15) is 4.79 Å². The van der Waals surface area contributed by atoms with Crippen molar-refractivity contribution in [2.45, 2.75) is 12.5 Å². The second kappa shape index (κ2) is 3.14. The number of nitrogens with zero attached hydrogens (tertiary/aromatic N) is 1. The zero-order chi connectivity index (χ0) is 9.26. The fourth-order valence-corrected chi connectivity index (χ4v) is 1.40. The van der Waals surface area contributed by atoms with Crippen LogP contribution >= 0.6 is 0 Å². The Morgan fingerprint density at radius 1 is 1.69 bits per heavy atom. The van der Waals surface area contributed by atoms with Crippen molar-refractivity contribution in [2.75, 3.05) is 6.54 Å². The first-order chi connectivity index (χ1) is 6.29. The SMILES string of the molecule is O=C(O)c1cccnc1[C@H]1CCN1. The largest absolute Gasteiger partial charge is 0.478 e. The Hall–Kier alpha value is -1.42. The van der Waals surface area contributed by atoms with E-state index in [2.05, 4.69) is 10.3 Å². The summed E-state index contributed by atoms with van der Waals surface area (Å²) in [5.74, 6) is -0.906. The van der Waals surface area contributed by atoms with Crippen LogP contribution in [0.25, 0.3) is 0 Å². The zero-order valence-electron chi connectivity index (χ0n) is 7.03. The lowest BCUT2D eigenvalue weighted by Gasteiger charge is -2.27. The minimum Gasteiger partial charge on any atom is -0.478 e. The molecule has 1 atom stereocenters. The summed E-state index contributed by atoms with van der Waals surface area (Å²) < 4.78 is 0. The molecule has 2 heterocycles. The molecule has 4 nitrogen and oxygen atoms in total. The number of pyridine rings is 1. The average Bonchev–Trinajstić information content (AvgIpc) is 2.02. The van der Waals surface area contributed by atoms with Crippen molar-refractivity contribution in [3.63, 3.8) is 0 Å². The van der Waals surface area contributed by atoms with Crippen molar-refractivity contribution in [1.82, 2.24) is 10.3 Å². The summed E-state index contributed by atoms with van der Waals surface area (Å²) >= 11 is 0. The van der Waals surface area contributed by atoms with Gasteiger partial charge in [-0.05, 0) is 25.1 Å². The van der Waals surface area contributed by atoms with E-state index in [-0.39, 0.29) is 6.04 Å². The number of hydrogen-bond acceptors (Lipinski definition) is 3. The number of aromatic carboxylic acids is 1. The number of carboxylic acids is 1. The summed E-state index contributed by atoms with van der Waals surface area (Å²) in [7, 11) is 0. The maximum absolute atomic E-state index is 10.8. The minimum atomic E-state index is -0.906. The molecule has 13 heavy (non-hydrogen) atoms. The molecule has 0 spiro atoms. The maximum atomic E-state index is 10.8. The summed E-state index contributed by atoms with van der Waals surface area (Å²) in [4.78, 5) is 14.9. The molecule has 1 aliphatic rings. The molecule has 0 radical (unpaired) electrons. The Bertz CT molecular complexity index is 334. The van der Waals surface area contributed by atoms with Crippen LogP contribution in [0.15, 0.2) is 18.3 Å². The number of hydrogen-bond donors (Lipinski definition) is 2. The van der Waals surface area contributed by atoms with Crippen molar-refractivity contribution in [1.29, 1.82) is 0 Å². The highest BCUT2D eigenvalue weighted by molar-refractivity contribution is 5.89. The van der Waals surface area contributed by atoms with Gasteiger partial charge in [-0.1, -0.05) is 0 Å². The second-order valence-corrected chi connectivity index (χ2v) is 3.04. The first kappa shape index (κ1) is 8.19. The summed E-state index contributed by atoms with van der Waals surface area (Å²) in [6.07, 6.45) is 2.60. The number of carbonyl (C=O) groups is 1. The summed E-state index contributed by atoms with van der Waals surface area (Å²) in [6, 6.07) is 3.36. The fourth-order valence-electron chi connectivity index (χ4n) is 1.40. The average molecular weight is 178 g/mol. The lowest BCUT2D eigenvalue weighted by atomic mass is 9.99. The monoisotopic (exact) mass is 178 g/mol. The van der Waals surface area contributed by atoms with Gasteiger partial charge in [0.25, 0.3) is 0 Å². The Morgan fingerprint density at radius 3 is 3.00 bits per heavy atom. The summed E-state index contributed by atoms with van der Waals surface area (Å²) in [6.45, 7) is 0.945. The third-order valence-corrected chi connectivity index (χ3v) is 2.22. The Labute approximate surface area is 75.6 Å². The predicted molar refractivity (Wildman–Crippen MR) is 46.6 cm³/mol. The van der Waals surface area contributed by atoms with Crippen LogP contribution in [-0.2, 0) is 0 Å². The van der Waals surface area contributed by atoms with Crippen LogP contribution < -0.4 is 5.32 Å². The Kier molecular flexibility index (Phi) is 1.98. The molecule has 1 fully saturated rings. The lowest BCUT2D eigenvalue weighted by Crippen LogP contribution is -2.36. The highest BCUT2D eigenvalue weighted by Crippen LogP contribution is 2.23. The van der Waals surface area contributed by atoms with Crippen LogP contribution in [0.1, 0.15) is 28.5 Å². The molecule has 0 aromatic carbocycles. The van der Waals surface area contributed by atoms with E-state index in [1.165, 1.54) is 0 Å². The van der Waals surface area contributed by atoms with Gasteiger partial charge in [0.15, 0.2) is 0 Å². The van der Waals surface area contributed by atoms with Crippen molar-refractivity contribution in [3.8, 4) is 0 Å². The second-order valence-electron chi connectivity index (χ2n) is 3.04. The third kappa shape index (κ3) is 1.40. The van der Waals surface area contributed by atoms with Crippen LogP contribution in [0.2, 0.25) is 0 Å². The molecular weight excluding hydrogens is 168 g/mol. The van der Waals surface area contributed by atoms with Crippen LogP contribution in [0.4, 0.5) is 0 Å². The first-order valence-electron chi connectivity index (χ1n) is 4.20. The number of carboxylic acid groups (broad SMARTS) is 1. The molecular formula is C9H10N2O2. The van der Waals surface area contributed by atoms with Gasteiger partial charge in [0.1, 0.15) is 0 Å². The molecule has 0 saturated carbocycles. The number of nitrogens with one attached hydrogen (secondary N) is 1. The highest BCUT2D eigenvalue weighted by atomic mass is 16.4. The fraction of sp³-hybridized carbons (Fsp3) is 0.333. The van der Waals surface area contributed by atoms with Gasteiger partial charge >= 0.3 is 5.97 Å². The van der Waals surface area contributed by atoms with Crippen LogP contribution in [0.3, 0.4) is 0 Å². The minimum absolute atomic E-state index is 0.132. The van der Waals surface area contributed by atoms with E-state index < -0.39 is 5.97 Å². The molecule has 68 valence electrons. The summed E-state index contributed by atoms with van der Waals surface area (Å²) in [5.41, 5.74) is 0.959. The van der Waals surface area contributed by atoms with E-state index >= 15 is 0 Å². The summed E-state index contributed by atoms with van der Waals surface area (Å²) in [5, 5.41) is 12.0. The van der Waals surface area contributed by atoms with Gasteiger partial charge in [-0.15, -0.1) is 0 Å². The van der Waals surface area contributed by atoms with Gasteiger partial charge in [-0.2, -0.15) is 0 Å². The van der Waals surface area contributed by atoms with Gasteiger partial charge in [-0.3, -0.25) is 4.98 Å². The van der Waals surface area contributed by atoms with E-state index in [1.807, 2.05) is 0 Å². The van der Waals surface area contributed by atoms with Gasteiger partial charge < -0.3 is 10.4 Å². The van der Waals surface area contributed by atoms with Crippen LogP contribution in [0, 0.1) is 0 Å². The van der Waals surface area contributed by atoms with Crippen molar-refractivity contribution < 1.29 is 9.90 Å². The number of aromatic nitrogens is 1. The molecule has 1 saturated heterocycles. The van der Waals surface area contributed by atoms with E-state index in [0.29, 0.717) is 11.3 Å². The Balaban J connectivity index is 2.36. The van der Waals surface area contributed by atoms with E-state index in [1.54, 1.807) is 18.3 Å². The van der Waals surface area contributed by atoms with Gasteiger partial charge in [-0.25, -0.2) is 4.79 Å². The van der Waals surface area contributed by atoms with Gasteiger partial charge in [0.2, 0.25) is 0 Å². The maximum Gasteiger partial charge on any atom is 0.337 e. The van der Waals surface area contributed by atoms with Crippen molar-refractivity contribution in [2.24, 2.45) is 0 Å².